The minimum atomic E-state index is -2.99. The monoisotopic (exact) mass is 506 g/mol. The van der Waals surface area contributed by atoms with E-state index in [1.54, 1.807) is 18.3 Å². The molecular weight excluding hydrogens is 484 g/mol. The van der Waals surface area contributed by atoms with E-state index in [0.29, 0.717) is 5.75 Å². The summed E-state index contributed by atoms with van der Waals surface area (Å²) in [4.78, 5) is 22.3. The molecule has 35 heavy (non-hydrogen) atoms. The second-order valence-corrected chi connectivity index (χ2v) is 7.19. The zero-order valence-electron chi connectivity index (χ0n) is 18.6. The van der Waals surface area contributed by atoms with E-state index in [1.807, 2.05) is 25.3 Å². The SMILES string of the molecule is COc1cccc(Oc2c(N=S(=O)=O)nc(C(=O)O)nc2OCC(O)CO)c1.Cc1cccnc1. The van der Waals surface area contributed by atoms with Gasteiger partial charge in [-0.3, -0.25) is 4.98 Å². The Kier molecular flexibility index (Phi) is 10.5. The summed E-state index contributed by atoms with van der Waals surface area (Å²) in [5.41, 5.74) is 1.21. The van der Waals surface area contributed by atoms with Gasteiger partial charge in [0.05, 0.1) is 13.7 Å². The Hall–Kier alpha value is -4.14. The number of rotatable bonds is 9. The van der Waals surface area contributed by atoms with Crippen molar-refractivity contribution in [1.29, 1.82) is 0 Å². The number of benzene rings is 1. The first kappa shape index (κ1) is 27.1. The zero-order chi connectivity index (χ0) is 25.8. The lowest BCUT2D eigenvalue weighted by Gasteiger charge is -2.15. The molecule has 0 bridgehead atoms. The molecule has 0 aliphatic carbocycles. The first-order valence-corrected chi connectivity index (χ1v) is 10.8. The molecule has 3 N–H and O–H groups in total. The standard InChI is InChI=1S/C15H15N3O9S.C6H7N/c1-25-9-3-2-4-10(5-9)27-11-12(18-28(23)24)16-13(15(21)22)17-14(11)26-7-8(20)6-19;1-6-3-2-4-7-5-6/h2-5,8,19-20H,6-7H2,1H3,(H,21,22);2-5H,1H3. The Labute approximate surface area is 201 Å². The summed E-state index contributed by atoms with van der Waals surface area (Å²) >= 11 is 0. The molecule has 0 fully saturated rings. The van der Waals surface area contributed by atoms with Gasteiger partial charge in [-0.15, -0.1) is 4.36 Å². The van der Waals surface area contributed by atoms with Crippen LogP contribution in [0.4, 0.5) is 5.82 Å². The minimum absolute atomic E-state index is 0.159. The molecule has 3 rings (SSSR count). The summed E-state index contributed by atoms with van der Waals surface area (Å²) < 4.78 is 41.0. The van der Waals surface area contributed by atoms with E-state index in [2.05, 4.69) is 19.3 Å². The van der Waals surface area contributed by atoms with Crippen molar-refractivity contribution in [3.05, 3.63) is 60.2 Å². The van der Waals surface area contributed by atoms with Crippen LogP contribution in [0.5, 0.6) is 23.1 Å². The molecule has 13 nitrogen and oxygen atoms in total. The molecule has 0 saturated carbocycles. The molecule has 0 aliphatic heterocycles. The number of ether oxygens (including phenoxy) is 3. The normalized spacial score (nSPS) is 10.9. The fraction of sp³-hybridized carbons (Fsp3) is 0.238. The van der Waals surface area contributed by atoms with Crippen molar-refractivity contribution in [2.45, 2.75) is 13.0 Å². The molecular formula is C21H22N4O9S. The van der Waals surface area contributed by atoms with Gasteiger partial charge in [0.25, 0.3) is 5.88 Å². The van der Waals surface area contributed by atoms with Gasteiger partial charge in [0.2, 0.25) is 17.4 Å². The van der Waals surface area contributed by atoms with Crippen LogP contribution in [0.2, 0.25) is 0 Å². The van der Waals surface area contributed by atoms with Crippen LogP contribution < -0.4 is 14.2 Å². The predicted molar refractivity (Wildman–Crippen MR) is 121 cm³/mol. The fourth-order valence-electron chi connectivity index (χ4n) is 2.29. The van der Waals surface area contributed by atoms with Crippen LogP contribution in [-0.4, -0.2) is 71.1 Å². The van der Waals surface area contributed by atoms with Crippen molar-refractivity contribution in [3.63, 3.8) is 0 Å². The highest BCUT2D eigenvalue weighted by atomic mass is 32.2. The number of aliphatic hydroxyl groups is 2. The average Bonchev–Trinajstić information content (AvgIpc) is 2.84. The highest BCUT2D eigenvalue weighted by Gasteiger charge is 2.23. The van der Waals surface area contributed by atoms with Crippen LogP contribution in [-0.2, 0) is 10.5 Å². The topological polar surface area (TPSA) is 191 Å². The fourth-order valence-corrected chi connectivity index (χ4v) is 2.56. The first-order chi connectivity index (χ1) is 16.7. The maximum atomic E-state index is 11.2. The lowest BCUT2D eigenvalue weighted by Crippen LogP contribution is -2.22. The Bertz CT molecular complexity index is 1260. The van der Waals surface area contributed by atoms with Gasteiger partial charge in [0.1, 0.15) is 24.2 Å². The van der Waals surface area contributed by atoms with Gasteiger partial charge in [-0.1, -0.05) is 12.1 Å². The lowest BCUT2D eigenvalue weighted by molar-refractivity contribution is 0.0508. The van der Waals surface area contributed by atoms with E-state index in [0.717, 1.165) is 0 Å². The molecule has 14 heteroatoms. The summed E-state index contributed by atoms with van der Waals surface area (Å²) in [6.45, 7) is 0.901. The number of pyridine rings is 1. The Morgan fingerprint density at radius 3 is 2.46 bits per heavy atom. The number of methoxy groups -OCH3 is 1. The Morgan fingerprint density at radius 1 is 1.17 bits per heavy atom. The van der Waals surface area contributed by atoms with Crippen molar-refractivity contribution in [3.8, 4) is 23.1 Å². The van der Waals surface area contributed by atoms with Crippen LogP contribution in [0.15, 0.2) is 53.2 Å². The van der Waals surface area contributed by atoms with Gasteiger partial charge in [-0.05, 0) is 30.7 Å². The number of hydrogen-bond donors (Lipinski definition) is 3. The molecule has 0 amide bonds. The molecule has 2 heterocycles. The number of carbonyl (C=O) groups is 1. The summed E-state index contributed by atoms with van der Waals surface area (Å²) in [5, 5.41) is 27.5. The lowest BCUT2D eigenvalue weighted by atomic mass is 10.3. The third kappa shape index (κ3) is 8.96. The van der Waals surface area contributed by atoms with E-state index >= 15 is 0 Å². The molecule has 0 aliphatic rings. The van der Waals surface area contributed by atoms with E-state index in [4.69, 9.17) is 24.4 Å². The van der Waals surface area contributed by atoms with Crippen molar-refractivity contribution >= 4 is 22.3 Å². The van der Waals surface area contributed by atoms with Gasteiger partial charge < -0.3 is 29.5 Å². The molecule has 186 valence electrons. The first-order valence-electron chi connectivity index (χ1n) is 9.80. The molecule has 1 aromatic carbocycles. The van der Waals surface area contributed by atoms with Crippen LogP contribution in [0.1, 0.15) is 16.2 Å². The van der Waals surface area contributed by atoms with E-state index in [-0.39, 0.29) is 5.75 Å². The Morgan fingerprint density at radius 2 is 1.91 bits per heavy atom. The largest absolute Gasteiger partial charge is 0.497 e. The summed E-state index contributed by atoms with van der Waals surface area (Å²) in [6.07, 6.45) is 2.30. The average molecular weight is 506 g/mol. The van der Waals surface area contributed by atoms with Crippen molar-refractivity contribution in [2.24, 2.45) is 4.36 Å². The number of carboxylic acid groups (broad SMARTS) is 1. The van der Waals surface area contributed by atoms with Crippen molar-refractivity contribution in [1.82, 2.24) is 15.0 Å². The number of aromatic nitrogens is 3. The minimum Gasteiger partial charge on any atom is -0.497 e. The maximum Gasteiger partial charge on any atom is 0.374 e. The molecule has 0 radical (unpaired) electrons. The molecule has 1 atom stereocenters. The quantitative estimate of drug-likeness (QED) is 0.382. The summed E-state index contributed by atoms with van der Waals surface area (Å²) in [7, 11) is -1.57. The number of aromatic carboxylic acids is 1. The Balaban J connectivity index is 0.000000527. The molecule has 1 unspecified atom stereocenters. The summed E-state index contributed by atoms with van der Waals surface area (Å²) in [5.74, 6) is -3.34. The van der Waals surface area contributed by atoms with Crippen LogP contribution in [0.25, 0.3) is 0 Å². The summed E-state index contributed by atoms with van der Waals surface area (Å²) in [6, 6.07) is 10.1. The third-order valence-electron chi connectivity index (χ3n) is 3.86. The van der Waals surface area contributed by atoms with Crippen molar-refractivity contribution in [2.75, 3.05) is 20.3 Å². The number of hydrogen-bond acceptors (Lipinski definition) is 12. The van der Waals surface area contributed by atoms with Gasteiger partial charge in [-0.25, -0.2) is 4.79 Å². The second-order valence-electron chi connectivity index (χ2n) is 6.58. The van der Waals surface area contributed by atoms with Crippen molar-refractivity contribution < 1.29 is 42.7 Å². The predicted octanol–water partition coefficient (Wildman–Crippen LogP) is 1.79. The van der Waals surface area contributed by atoms with E-state index in [1.165, 1.54) is 24.8 Å². The second kappa shape index (κ2) is 13.5. The van der Waals surface area contributed by atoms with Crippen LogP contribution in [0, 0.1) is 6.92 Å². The third-order valence-corrected chi connectivity index (χ3v) is 4.18. The van der Waals surface area contributed by atoms with E-state index in [9.17, 15) is 18.3 Å². The zero-order valence-corrected chi connectivity index (χ0v) is 19.4. The molecule has 3 aromatic rings. The number of carboxylic acids is 1. The highest BCUT2D eigenvalue weighted by Crippen LogP contribution is 2.38. The molecule has 0 saturated heterocycles. The van der Waals surface area contributed by atoms with Gasteiger partial charge in [-0.2, -0.15) is 18.4 Å². The number of nitrogens with zero attached hydrogens (tertiary/aromatic N) is 4. The highest BCUT2D eigenvalue weighted by molar-refractivity contribution is 7.61. The molecule has 0 spiro atoms. The van der Waals surface area contributed by atoms with Gasteiger partial charge in [0, 0.05) is 18.5 Å². The number of aryl methyl sites for hydroxylation is 1. The van der Waals surface area contributed by atoms with Crippen LogP contribution >= 0.6 is 0 Å². The maximum absolute atomic E-state index is 11.2. The number of aliphatic hydroxyl groups excluding tert-OH is 2. The molecule has 2 aromatic heterocycles. The van der Waals surface area contributed by atoms with E-state index < -0.39 is 59.1 Å². The van der Waals surface area contributed by atoms with Gasteiger partial charge >= 0.3 is 16.5 Å². The smallest absolute Gasteiger partial charge is 0.374 e. The van der Waals surface area contributed by atoms with Gasteiger partial charge in [0.15, 0.2) is 0 Å². The van der Waals surface area contributed by atoms with Crippen LogP contribution in [0.3, 0.4) is 0 Å².